The van der Waals surface area contributed by atoms with Crippen molar-refractivity contribution in [3.8, 4) is 5.75 Å². The number of rotatable bonds is 5. The SMILES string of the molecule is [2H]C([2H])(Nc1c2c(nc3ccc([N+]#[C-])cc13)CN(CC)C2=O)c1ccc(OC)c(Cl)c1. The van der Waals surface area contributed by atoms with Crippen molar-refractivity contribution in [1.82, 2.24) is 9.88 Å². The average Bonchev–Trinajstić information content (AvgIpc) is 3.08. The largest absolute Gasteiger partial charge is 0.495 e. The number of halogens is 1. The standard InChI is InChI=1S/C22H19ClN4O2/c1-4-27-12-18-20(22(27)28)21(15-10-14(24-2)6-7-17(15)26-18)25-11-13-5-8-19(29-3)16(23)9-13/h5-10H,4,11-12H2,1,3H3,(H,25,26)/i11D2. The number of aromatic nitrogens is 1. The van der Waals surface area contributed by atoms with Gasteiger partial charge in [0.15, 0.2) is 5.69 Å². The maximum absolute atomic E-state index is 13.0. The molecule has 1 aliphatic heterocycles. The van der Waals surface area contributed by atoms with Crippen LogP contribution < -0.4 is 10.1 Å². The lowest BCUT2D eigenvalue weighted by Crippen LogP contribution is -2.23. The number of carbonyl (C=O) groups excluding carboxylic acids is 1. The van der Waals surface area contributed by atoms with E-state index in [-0.39, 0.29) is 16.5 Å². The van der Waals surface area contributed by atoms with E-state index in [1.165, 1.54) is 13.2 Å². The maximum Gasteiger partial charge on any atom is 0.258 e. The molecule has 0 spiro atoms. The highest BCUT2D eigenvalue weighted by atomic mass is 35.5. The smallest absolute Gasteiger partial charge is 0.258 e. The molecule has 146 valence electrons. The number of benzene rings is 2. The van der Waals surface area contributed by atoms with Crippen molar-refractivity contribution in [3.63, 3.8) is 0 Å². The van der Waals surface area contributed by atoms with Gasteiger partial charge in [0.1, 0.15) is 5.75 Å². The van der Waals surface area contributed by atoms with Crippen molar-refractivity contribution < 1.29 is 12.3 Å². The van der Waals surface area contributed by atoms with E-state index < -0.39 is 6.50 Å². The van der Waals surface area contributed by atoms with Gasteiger partial charge in [0.25, 0.3) is 5.91 Å². The minimum atomic E-state index is -2.06. The summed E-state index contributed by atoms with van der Waals surface area (Å²) >= 11 is 6.20. The Labute approximate surface area is 176 Å². The molecule has 3 aromatic rings. The number of fused-ring (bicyclic) bond motifs is 2. The van der Waals surface area contributed by atoms with E-state index in [4.69, 9.17) is 25.7 Å². The third kappa shape index (κ3) is 3.34. The number of nitrogens with zero attached hydrogens (tertiary/aromatic N) is 3. The molecule has 0 fully saturated rings. The summed E-state index contributed by atoms with van der Waals surface area (Å²) in [5.41, 5.74) is 2.48. The van der Waals surface area contributed by atoms with Gasteiger partial charge in [-0.2, -0.15) is 0 Å². The number of methoxy groups -OCH3 is 1. The summed E-state index contributed by atoms with van der Waals surface area (Å²) in [4.78, 5) is 22.8. The van der Waals surface area contributed by atoms with Gasteiger partial charge in [-0.3, -0.25) is 9.78 Å². The van der Waals surface area contributed by atoms with Gasteiger partial charge in [-0.05, 0) is 36.8 Å². The molecule has 0 radical (unpaired) electrons. The first-order chi connectivity index (χ1) is 14.8. The van der Waals surface area contributed by atoms with Crippen molar-refractivity contribution in [2.45, 2.75) is 20.0 Å². The molecule has 2 heterocycles. The summed E-state index contributed by atoms with van der Waals surface area (Å²) in [6.45, 7) is 8.02. The first kappa shape index (κ1) is 16.6. The van der Waals surface area contributed by atoms with Gasteiger partial charge in [-0.15, -0.1) is 0 Å². The Bertz CT molecular complexity index is 1260. The lowest BCUT2D eigenvalue weighted by atomic mass is 10.1. The minimum Gasteiger partial charge on any atom is -0.495 e. The number of pyridine rings is 1. The molecule has 4 rings (SSSR count). The van der Waals surface area contributed by atoms with E-state index in [0.29, 0.717) is 52.4 Å². The number of hydrogen-bond acceptors (Lipinski definition) is 4. The number of carbonyl (C=O) groups is 1. The van der Waals surface area contributed by atoms with Gasteiger partial charge in [0.2, 0.25) is 0 Å². The summed E-state index contributed by atoms with van der Waals surface area (Å²) in [6, 6.07) is 9.65. The highest BCUT2D eigenvalue weighted by Crippen LogP contribution is 2.36. The Morgan fingerprint density at radius 3 is 2.90 bits per heavy atom. The molecule has 0 saturated heterocycles. The fourth-order valence-corrected chi connectivity index (χ4v) is 3.65. The van der Waals surface area contributed by atoms with Gasteiger partial charge >= 0.3 is 0 Å². The van der Waals surface area contributed by atoms with Crippen LogP contribution in [0, 0.1) is 6.57 Å². The first-order valence-corrected chi connectivity index (χ1v) is 9.42. The highest BCUT2D eigenvalue weighted by Gasteiger charge is 2.31. The zero-order valence-corrected chi connectivity index (χ0v) is 16.7. The van der Waals surface area contributed by atoms with Crippen LogP contribution in [0.1, 0.15) is 31.3 Å². The van der Waals surface area contributed by atoms with Crippen molar-refractivity contribution >= 4 is 39.8 Å². The quantitative estimate of drug-likeness (QED) is 0.601. The van der Waals surface area contributed by atoms with Crippen LogP contribution in [0.3, 0.4) is 0 Å². The molecule has 1 aliphatic rings. The normalized spacial score (nSPS) is 14.3. The predicted octanol–water partition coefficient (Wildman–Crippen LogP) is 5.04. The monoisotopic (exact) mass is 408 g/mol. The zero-order chi connectivity index (χ0) is 22.3. The van der Waals surface area contributed by atoms with Gasteiger partial charge in [-0.1, -0.05) is 23.7 Å². The van der Waals surface area contributed by atoms with Crippen molar-refractivity contribution in [1.29, 1.82) is 0 Å². The van der Waals surface area contributed by atoms with E-state index in [1.54, 1.807) is 35.2 Å². The van der Waals surface area contributed by atoms with Crippen molar-refractivity contribution in [3.05, 3.63) is 69.7 Å². The molecule has 6 nitrogen and oxygen atoms in total. The summed E-state index contributed by atoms with van der Waals surface area (Å²) in [5, 5.41) is 3.71. The fourth-order valence-electron chi connectivity index (χ4n) is 3.39. The first-order valence-electron chi connectivity index (χ1n) is 10.0. The fraction of sp³-hybridized carbons (Fsp3) is 0.227. The van der Waals surface area contributed by atoms with Crippen LogP contribution in [0.5, 0.6) is 5.75 Å². The van der Waals surface area contributed by atoms with Crippen LogP contribution in [0.2, 0.25) is 5.02 Å². The Morgan fingerprint density at radius 1 is 1.38 bits per heavy atom. The molecular weight excluding hydrogens is 388 g/mol. The summed E-state index contributed by atoms with van der Waals surface area (Å²) in [7, 11) is 1.49. The molecule has 0 aliphatic carbocycles. The molecule has 0 bridgehead atoms. The number of hydrogen-bond donors (Lipinski definition) is 1. The van der Waals surface area contributed by atoms with Crippen molar-refractivity contribution in [2.24, 2.45) is 0 Å². The molecule has 1 N–H and O–H groups in total. The Hall–Kier alpha value is -3.30. The van der Waals surface area contributed by atoms with Gasteiger partial charge in [0, 0.05) is 18.4 Å². The molecule has 29 heavy (non-hydrogen) atoms. The highest BCUT2D eigenvalue weighted by molar-refractivity contribution is 6.32. The van der Waals surface area contributed by atoms with Crippen LogP contribution in [0.25, 0.3) is 15.7 Å². The zero-order valence-electron chi connectivity index (χ0n) is 17.9. The topological polar surface area (TPSA) is 58.8 Å². The van der Waals surface area contributed by atoms with Crippen LogP contribution >= 0.6 is 11.6 Å². The van der Waals surface area contributed by atoms with Crippen LogP contribution in [-0.2, 0) is 13.0 Å². The van der Waals surface area contributed by atoms with Gasteiger partial charge in [0.05, 0.1) is 50.5 Å². The van der Waals surface area contributed by atoms with E-state index in [9.17, 15) is 4.79 Å². The second kappa shape index (κ2) is 7.61. The van der Waals surface area contributed by atoms with Crippen LogP contribution in [0.4, 0.5) is 11.4 Å². The molecule has 7 heteroatoms. The molecule has 0 unspecified atom stereocenters. The Balaban J connectivity index is 1.90. The van der Waals surface area contributed by atoms with E-state index in [2.05, 4.69) is 15.1 Å². The average molecular weight is 409 g/mol. The lowest BCUT2D eigenvalue weighted by molar-refractivity contribution is 0.0787. The second-order valence-electron chi connectivity index (χ2n) is 6.54. The molecule has 1 amide bonds. The third-order valence-electron chi connectivity index (χ3n) is 4.88. The number of ether oxygens (including phenoxy) is 1. The van der Waals surface area contributed by atoms with E-state index in [0.717, 1.165) is 0 Å². The van der Waals surface area contributed by atoms with E-state index >= 15 is 0 Å². The Morgan fingerprint density at radius 2 is 2.21 bits per heavy atom. The second-order valence-corrected chi connectivity index (χ2v) is 6.95. The third-order valence-corrected chi connectivity index (χ3v) is 5.17. The number of anilines is 1. The summed E-state index contributed by atoms with van der Waals surface area (Å²) < 4.78 is 22.5. The number of nitrogens with one attached hydrogen (secondary N) is 1. The van der Waals surface area contributed by atoms with Gasteiger partial charge in [-0.25, -0.2) is 4.85 Å². The molecule has 0 atom stereocenters. The Kier molecular flexibility index (Phi) is 4.37. The summed E-state index contributed by atoms with van der Waals surface area (Å²) in [5.74, 6) is 0.220. The lowest BCUT2D eigenvalue weighted by Gasteiger charge is -2.15. The summed E-state index contributed by atoms with van der Waals surface area (Å²) in [6.07, 6.45) is 0. The maximum atomic E-state index is 13.0. The van der Waals surface area contributed by atoms with Crippen molar-refractivity contribution in [2.75, 3.05) is 19.0 Å². The van der Waals surface area contributed by atoms with Gasteiger partial charge < -0.3 is 15.0 Å². The van der Waals surface area contributed by atoms with Crippen LogP contribution in [0.15, 0.2) is 36.4 Å². The molecule has 0 saturated carbocycles. The molecular formula is C22H19ClN4O2. The van der Waals surface area contributed by atoms with E-state index in [1.807, 2.05) is 6.92 Å². The predicted molar refractivity (Wildman–Crippen MR) is 114 cm³/mol. The minimum absolute atomic E-state index is 0.217. The van der Waals surface area contributed by atoms with Crippen LogP contribution in [-0.4, -0.2) is 29.4 Å². The number of amides is 1. The molecule has 2 aromatic carbocycles. The molecule has 1 aromatic heterocycles.